The average molecular weight is 360 g/mol. The van der Waals surface area contributed by atoms with Gasteiger partial charge in [-0.1, -0.05) is 24.7 Å². The van der Waals surface area contributed by atoms with Crippen molar-refractivity contribution in [2.24, 2.45) is 0 Å². The summed E-state index contributed by atoms with van der Waals surface area (Å²) in [4.78, 5) is 19.0. The third kappa shape index (κ3) is 5.20. The van der Waals surface area contributed by atoms with Gasteiger partial charge in [0.15, 0.2) is 0 Å². The normalized spacial score (nSPS) is 15.9. The second-order valence-electron chi connectivity index (χ2n) is 6.24. The van der Waals surface area contributed by atoms with Gasteiger partial charge in [-0.25, -0.2) is 4.98 Å². The van der Waals surface area contributed by atoms with E-state index >= 15 is 0 Å². The molecule has 0 atom stereocenters. The van der Waals surface area contributed by atoms with Crippen LogP contribution < -0.4 is 10.6 Å². The van der Waals surface area contributed by atoms with Crippen molar-refractivity contribution in [3.8, 4) is 0 Å². The molecular weight excluding hydrogens is 336 g/mol. The third-order valence-corrected chi connectivity index (χ3v) is 4.98. The fourth-order valence-corrected chi connectivity index (χ4v) is 3.34. The van der Waals surface area contributed by atoms with Crippen molar-refractivity contribution in [1.29, 1.82) is 0 Å². The number of hydrogen-bond acceptors (Lipinski definition) is 7. The number of likely N-dealkylation sites (tertiary alicyclic amines) is 1. The Morgan fingerprint density at radius 3 is 2.84 bits per heavy atom. The summed E-state index contributed by atoms with van der Waals surface area (Å²) < 4.78 is 0. The topological polar surface area (TPSA) is 83.0 Å². The van der Waals surface area contributed by atoms with Crippen LogP contribution in [0.2, 0.25) is 0 Å². The molecule has 0 unspecified atom stereocenters. The highest BCUT2D eigenvalue weighted by Gasteiger charge is 2.19. The summed E-state index contributed by atoms with van der Waals surface area (Å²) >= 11 is 1.29. The molecule has 8 heteroatoms. The van der Waals surface area contributed by atoms with E-state index in [0.29, 0.717) is 16.7 Å². The van der Waals surface area contributed by atoms with Gasteiger partial charge in [-0.15, -0.1) is 10.2 Å². The lowest BCUT2D eigenvalue weighted by Crippen LogP contribution is -2.39. The molecule has 1 saturated heterocycles. The molecule has 25 heavy (non-hydrogen) atoms. The van der Waals surface area contributed by atoms with Crippen LogP contribution in [-0.2, 0) is 0 Å². The Labute approximate surface area is 151 Å². The molecule has 0 aromatic carbocycles. The number of nitrogens with zero attached hydrogens (tertiary/aromatic N) is 4. The van der Waals surface area contributed by atoms with Crippen molar-refractivity contribution in [2.45, 2.75) is 38.6 Å². The van der Waals surface area contributed by atoms with Gasteiger partial charge in [0, 0.05) is 25.3 Å². The summed E-state index contributed by atoms with van der Waals surface area (Å²) in [6.07, 6.45) is 6.38. The highest BCUT2D eigenvalue weighted by molar-refractivity contribution is 7.13. The van der Waals surface area contributed by atoms with Gasteiger partial charge in [-0.05, 0) is 37.9 Å². The Morgan fingerprint density at radius 1 is 1.36 bits per heavy atom. The predicted molar refractivity (Wildman–Crippen MR) is 100 cm³/mol. The van der Waals surface area contributed by atoms with Gasteiger partial charge in [0.05, 0.1) is 5.56 Å². The van der Waals surface area contributed by atoms with E-state index < -0.39 is 0 Å². The first-order chi connectivity index (χ1) is 12.2. The largest absolute Gasteiger partial charge is 0.367 e. The summed E-state index contributed by atoms with van der Waals surface area (Å²) in [7, 11) is 0. The zero-order valence-corrected chi connectivity index (χ0v) is 15.3. The smallest absolute Gasteiger partial charge is 0.259 e. The maximum atomic E-state index is 12.1. The average Bonchev–Trinajstić information content (AvgIpc) is 3.15. The van der Waals surface area contributed by atoms with Crippen LogP contribution >= 0.6 is 11.3 Å². The highest BCUT2D eigenvalue weighted by Crippen LogP contribution is 2.16. The fraction of sp³-hybridized carbons (Fsp3) is 0.529. The molecular formula is C17H24N6OS. The maximum absolute atomic E-state index is 12.1. The molecule has 1 aliphatic heterocycles. The van der Waals surface area contributed by atoms with E-state index in [9.17, 15) is 4.79 Å². The monoisotopic (exact) mass is 360 g/mol. The van der Waals surface area contributed by atoms with E-state index in [1.807, 2.05) is 6.07 Å². The molecule has 2 aromatic rings. The predicted octanol–water partition coefficient (Wildman–Crippen LogP) is 2.86. The first kappa shape index (κ1) is 17.8. The van der Waals surface area contributed by atoms with E-state index in [-0.39, 0.29) is 5.91 Å². The van der Waals surface area contributed by atoms with Gasteiger partial charge in [-0.2, -0.15) is 0 Å². The van der Waals surface area contributed by atoms with Crippen LogP contribution in [0.3, 0.4) is 0 Å². The number of aromatic nitrogens is 3. The van der Waals surface area contributed by atoms with E-state index in [4.69, 9.17) is 0 Å². The number of carbonyl (C=O) groups excluding carboxylic acids is 1. The number of hydrogen-bond donors (Lipinski definition) is 2. The van der Waals surface area contributed by atoms with Crippen molar-refractivity contribution < 1.29 is 4.79 Å². The molecule has 0 saturated carbocycles. The molecule has 134 valence electrons. The number of unbranched alkanes of at least 4 members (excludes halogenated alkanes) is 1. The minimum Gasteiger partial charge on any atom is -0.367 e. The van der Waals surface area contributed by atoms with Crippen molar-refractivity contribution in [3.05, 3.63) is 29.4 Å². The Kier molecular flexibility index (Phi) is 6.30. The van der Waals surface area contributed by atoms with Crippen LogP contribution in [-0.4, -0.2) is 51.7 Å². The van der Waals surface area contributed by atoms with Crippen LogP contribution in [0.25, 0.3) is 0 Å². The number of pyridine rings is 1. The molecule has 1 fully saturated rings. The minimum atomic E-state index is -0.222. The molecule has 0 aliphatic carbocycles. The zero-order valence-electron chi connectivity index (χ0n) is 14.4. The first-order valence-electron chi connectivity index (χ1n) is 8.77. The van der Waals surface area contributed by atoms with Gasteiger partial charge in [0.25, 0.3) is 5.91 Å². The summed E-state index contributed by atoms with van der Waals surface area (Å²) in [6, 6.07) is 4.09. The van der Waals surface area contributed by atoms with Crippen molar-refractivity contribution in [3.63, 3.8) is 0 Å². The van der Waals surface area contributed by atoms with Gasteiger partial charge in [-0.3, -0.25) is 10.1 Å². The lowest BCUT2D eigenvalue weighted by Gasteiger charge is -2.32. The summed E-state index contributed by atoms with van der Waals surface area (Å²) in [5, 5.41) is 14.2. The Morgan fingerprint density at radius 2 is 2.20 bits per heavy atom. The van der Waals surface area contributed by atoms with E-state index in [0.717, 1.165) is 31.7 Å². The number of nitrogens with one attached hydrogen (secondary N) is 2. The summed E-state index contributed by atoms with van der Waals surface area (Å²) in [5.74, 6) is 0.597. The number of anilines is 2. The lowest BCUT2D eigenvalue weighted by atomic mass is 10.0. The Balaban J connectivity index is 1.47. The number of piperidine rings is 1. The van der Waals surface area contributed by atoms with E-state index in [1.165, 1.54) is 30.7 Å². The molecule has 7 nitrogen and oxygen atoms in total. The number of rotatable bonds is 7. The van der Waals surface area contributed by atoms with Crippen LogP contribution in [0.4, 0.5) is 10.9 Å². The fourth-order valence-electron chi connectivity index (χ4n) is 2.90. The van der Waals surface area contributed by atoms with Crippen molar-refractivity contribution in [1.82, 2.24) is 20.1 Å². The van der Waals surface area contributed by atoms with Crippen molar-refractivity contribution in [2.75, 3.05) is 30.3 Å². The van der Waals surface area contributed by atoms with Gasteiger partial charge >= 0.3 is 0 Å². The highest BCUT2D eigenvalue weighted by atomic mass is 32.1. The van der Waals surface area contributed by atoms with Crippen LogP contribution in [0.15, 0.2) is 23.8 Å². The molecule has 2 N–H and O–H groups in total. The quantitative estimate of drug-likeness (QED) is 0.790. The molecule has 1 amide bonds. The third-order valence-electron chi connectivity index (χ3n) is 4.37. The minimum absolute atomic E-state index is 0.222. The molecule has 3 heterocycles. The molecule has 0 spiro atoms. The second-order valence-corrected chi connectivity index (χ2v) is 7.08. The lowest BCUT2D eigenvalue weighted by molar-refractivity contribution is 0.102. The van der Waals surface area contributed by atoms with Crippen LogP contribution in [0, 0.1) is 0 Å². The standard InChI is InChI=1S/C17H24N6OS/c1-2-3-8-23-9-6-14(7-10-23)20-15-5-4-13(11-18-15)16(24)21-17-22-19-12-25-17/h4-5,11-12,14H,2-3,6-10H2,1H3,(H,18,20)(H,21,22,24). The van der Waals surface area contributed by atoms with Gasteiger partial charge < -0.3 is 10.2 Å². The molecule has 0 radical (unpaired) electrons. The van der Waals surface area contributed by atoms with E-state index in [1.54, 1.807) is 17.8 Å². The molecule has 1 aliphatic rings. The van der Waals surface area contributed by atoms with Crippen molar-refractivity contribution >= 4 is 28.2 Å². The SMILES string of the molecule is CCCCN1CCC(Nc2ccc(C(=O)Nc3nncs3)cn2)CC1. The molecule has 3 rings (SSSR count). The second kappa shape index (κ2) is 8.87. The Hall–Kier alpha value is -2.06. The van der Waals surface area contributed by atoms with Gasteiger partial charge in [0.1, 0.15) is 11.3 Å². The maximum Gasteiger partial charge on any atom is 0.259 e. The molecule has 0 bridgehead atoms. The zero-order chi connectivity index (χ0) is 17.5. The number of amides is 1. The summed E-state index contributed by atoms with van der Waals surface area (Å²) in [5.41, 5.74) is 2.09. The number of carbonyl (C=O) groups is 1. The Bertz CT molecular complexity index is 652. The van der Waals surface area contributed by atoms with Crippen LogP contribution in [0.1, 0.15) is 43.0 Å². The molecule has 2 aromatic heterocycles. The van der Waals surface area contributed by atoms with Gasteiger partial charge in [0.2, 0.25) is 5.13 Å². The van der Waals surface area contributed by atoms with Crippen LogP contribution in [0.5, 0.6) is 0 Å². The van der Waals surface area contributed by atoms with E-state index in [2.05, 4.69) is 37.6 Å². The summed E-state index contributed by atoms with van der Waals surface area (Å²) in [6.45, 7) is 5.72. The first-order valence-corrected chi connectivity index (χ1v) is 9.65.